The van der Waals surface area contributed by atoms with E-state index in [0.717, 1.165) is 5.57 Å². The number of ether oxygens (including phenoxy) is 1. The maximum absolute atomic E-state index is 10.8. The van der Waals surface area contributed by atoms with Crippen LogP contribution >= 0.6 is 0 Å². The molecule has 1 fully saturated rings. The number of cyclic esters (lactones) is 1. The molecule has 10 heavy (non-hydrogen) atoms. The summed E-state index contributed by atoms with van der Waals surface area (Å²) >= 11 is 0. The van der Waals surface area contributed by atoms with Gasteiger partial charge in [-0.1, -0.05) is 18.7 Å². The highest BCUT2D eigenvalue weighted by atomic mass is 16.5. The van der Waals surface area contributed by atoms with Crippen LogP contribution in [0.25, 0.3) is 0 Å². The second-order valence-corrected chi connectivity index (χ2v) is 2.35. The fourth-order valence-electron chi connectivity index (χ4n) is 0.971. The molecule has 54 valence electrons. The predicted molar refractivity (Wildman–Crippen MR) is 38.5 cm³/mol. The molecule has 0 aromatic rings. The zero-order valence-electron chi connectivity index (χ0n) is 5.96. The molecule has 1 aliphatic heterocycles. The van der Waals surface area contributed by atoms with E-state index in [1.165, 1.54) is 0 Å². The molecule has 2 heteroatoms. The summed E-state index contributed by atoms with van der Waals surface area (Å²) in [7, 11) is 0. The second kappa shape index (κ2) is 2.69. The molecule has 2 nitrogen and oxygen atoms in total. The lowest BCUT2D eigenvalue weighted by Gasteiger charge is -1.94. The Labute approximate surface area is 60.2 Å². The SMILES string of the molecule is C=C/C=C1/CC(C)OC1=O. The van der Waals surface area contributed by atoms with E-state index >= 15 is 0 Å². The summed E-state index contributed by atoms with van der Waals surface area (Å²) in [6, 6.07) is 0. The zero-order valence-corrected chi connectivity index (χ0v) is 5.96. The third kappa shape index (κ3) is 1.26. The highest BCUT2D eigenvalue weighted by Gasteiger charge is 2.24. The van der Waals surface area contributed by atoms with Crippen molar-refractivity contribution in [1.29, 1.82) is 0 Å². The van der Waals surface area contributed by atoms with E-state index < -0.39 is 0 Å². The van der Waals surface area contributed by atoms with Crippen LogP contribution in [0.5, 0.6) is 0 Å². The van der Waals surface area contributed by atoms with Crippen LogP contribution in [-0.2, 0) is 9.53 Å². The number of esters is 1. The number of hydrogen-bond donors (Lipinski definition) is 0. The monoisotopic (exact) mass is 138 g/mol. The average molecular weight is 138 g/mol. The molecule has 1 unspecified atom stereocenters. The fraction of sp³-hybridized carbons (Fsp3) is 0.375. The first-order valence-electron chi connectivity index (χ1n) is 3.26. The van der Waals surface area contributed by atoms with E-state index in [0.29, 0.717) is 6.42 Å². The van der Waals surface area contributed by atoms with Gasteiger partial charge in [-0.15, -0.1) is 0 Å². The smallest absolute Gasteiger partial charge is 0.334 e. The van der Waals surface area contributed by atoms with Crippen LogP contribution in [0.4, 0.5) is 0 Å². The van der Waals surface area contributed by atoms with Gasteiger partial charge in [-0.25, -0.2) is 4.79 Å². The average Bonchev–Trinajstić information content (AvgIpc) is 2.13. The van der Waals surface area contributed by atoms with E-state index in [-0.39, 0.29) is 12.1 Å². The minimum Gasteiger partial charge on any atom is -0.459 e. The molecule has 0 amide bonds. The van der Waals surface area contributed by atoms with Gasteiger partial charge in [-0.2, -0.15) is 0 Å². The minimum atomic E-state index is -0.201. The summed E-state index contributed by atoms with van der Waals surface area (Å²) in [6.07, 6.45) is 4.06. The van der Waals surface area contributed by atoms with Crippen molar-refractivity contribution in [3.8, 4) is 0 Å². The van der Waals surface area contributed by atoms with Crippen molar-refractivity contribution in [3.63, 3.8) is 0 Å². The quantitative estimate of drug-likeness (QED) is 0.404. The lowest BCUT2D eigenvalue weighted by Crippen LogP contribution is -1.99. The molecule has 0 N–H and O–H groups in total. The van der Waals surface area contributed by atoms with E-state index in [1.807, 2.05) is 6.92 Å². The molecule has 0 aliphatic carbocycles. The Kier molecular flexibility index (Phi) is 1.90. The van der Waals surface area contributed by atoms with Gasteiger partial charge in [0.15, 0.2) is 0 Å². The van der Waals surface area contributed by atoms with Crippen LogP contribution in [-0.4, -0.2) is 12.1 Å². The molecule has 1 rings (SSSR count). The molecule has 1 atom stereocenters. The van der Waals surface area contributed by atoms with Gasteiger partial charge in [0.25, 0.3) is 0 Å². The van der Waals surface area contributed by atoms with Crippen LogP contribution in [0.15, 0.2) is 24.3 Å². The Hall–Kier alpha value is -1.05. The normalized spacial score (nSPS) is 28.7. The first-order chi connectivity index (χ1) is 4.74. The Morgan fingerprint density at radius 3 is 2.90 bits per heavy atom. The zero-order chi connectivity index (χ0) is 7.56. The number of hydrogen-bond acceptors (Lipinski definition) is 2. The molecule has 0 aromatic heterocycles. The van der Waals surface area contributed by atoms with Crippen molar-refractivity contribution in [2.75, 3.05) is 0 Å². The first kappa shape index (κ1) is 7.06. The van der Waals surface area contributed by atoms with Gasteiger partial charge in [0.05, 0.1) is 0 Å². The molecule has 0 aromatic carbocycles. The maximum Gasteiger partial charge on any atom is 0.334 e. The minimum absolute atomic E-state index is 0.0405. The van der Waals surface area contributed by atoms with Crippen LogP contribution < -0.4 is 0 Å². The standard InChI is InChI=1S/C8H10O2/c1-3-4-7-5-6(2)10-8(7)9/h3-4,6H,1,5H2,2H3/b7-4-. The summed E-state index contributed by atoms with van der Waals surface area (Å²) in [5, 5.41) is 0. The van der Waals surface area contributed by atoms with Crippen molar-refractivity contribution in [3.05, 3.63) is 24.3 Å². The summed E-state index contributed by atoms with van der Waals surface area (Å²) in [5.74, 6) is -0.201. The Bertz CT molecular complexity index is 191. The molecule has 1 heterocycles. The topological polar surface area (TPSA) is 26.3 Å². The first-order valence-corrected chi connectivity index (χ1v) is 3.26. The number of carbonyl (C=O) groups excluding carboxylic acids is 1. The number of allylic oxidation sites excluding steroid dienone is 2. The molecule has 1 aliphatic rings. The van der Waals surface area contributed by atoms with Crippen LogP contribution in [0, 0.1) is 0 Å². The van der Waals surface area contributed by atoms with Crippen LogP contribution in [0.2, 0.25) is 0 Å². The lowest BCUT2D eigenvalue weighted by atomic mass is 10.1. The van der Waals surface area contributed by atoms with Crippen molar-refractivity contribution < 1.29 is 9.53 Å². The van der Waals surface area contributed by atoms with Crippen molar-refractivity contribution in [2.45, 2.75) is 19.4 Å². The summed E-state index contributed by atoms with van der Waals surface area (Å²) < 4.78 is 4.87. The Morgan fingerprint density at radius 2 is 2.50 bits per heavy atom. The Morgan fingerprint density at radius 1 is 1.80 bits per heavy atom. The van der Waals surface area contributed by atoms with Crippen LogP contribution in [0.1, 0.15) is 13.3 Å². The number of carbonyl (C=O) groups is 1. The van der Waals surface area contributed by atoms with Gasteiger partial charge >= 0.3 is 5.97 Å². The molecular weight excluding hydrogens is 128 g/mol. The molecular formula is C8H10O2. The van der Waals surface area contributed by atoms with Crippen LogP contribution in [0.3, 0.4) is 0 Å². The predicted octanol–water partition coefficient (Wildman–Crippen LogP) is 1.43. The third-order valence-corrected chi connectivity index (χ3v) is 1.40. The van der Waals surface area contributed by atoms with E-state index in [4.69, 9.17) is 4.74 Å². The number of rotatable bonds is 1. The second-order valence-electron chi connectivity index (χ2n) is 2.35. The van der Waals surface area contributed by atoms with Crippen molar-refractivity contribution >= 4 is 5.97 Å². The highest BCUT2D eigenvalue weighted by Crippen LogP contribution is 2.19. The summed E-state index contributed by atoms with van der Waals surface area (Å²) in [5.41, 5.74) is 0.725. The van der Waals surface area contributed by atoms with E-state index in [2.05, 4.69) is 6.58 Å². The van der Waals surface area contributed by atoms with Gasteiger partial charge < -0.3 is 4.74 Å². The van der Waals surface area contributed by atoms with E-state index in [1.54, 1.807) is 12.2 Å². The van der Waals surface area contributed by atoms with Gasteiger partial charge in [0.2, 0.25) is 0 Å². The molecule has 1 saturated heterocycles. The molecule has 0 spiro atoms. The van der Waals surface area contributed by atoms with Gasteiger partial charge in [0, 0.05) is 12.0 Å². The maximum atomic E-state index is 10.8. The molecule has 0 saturated carbocycles. The van der Waals surface area contributed by atoms with Gasteiger partial charge in [-0.05, 0) is 6.92 Å². The molecule has 0 radical (unpaired) electrons. The van der Waals surface area contributed by atoms with Crippen molar-refractivity contribution in [2.24, 2.45) is 0 Å². The van der Waals surface area contributed by atoms with Gasteiger partial charge in [-0.3, -0.25) is 0 Å². The largest absolute Gasteiger partial charge is 0.459 e. The van der Waals surface area contributed by atoms with Gasteiger partial charge in [0.1, 0.15) is 6.10 Å². The fourth-order valence-corrected chi connectivity index (χ4v) is 0.971. The van der Waals surface area contributed by atoms with E-state index in [9.17, 15) is 4.79 Å². The summed E-state index contributed by atoms with van der Waals surface area (Å²) in [6.45, 7) is 5.38. The highest BCUT2D eigenvalue weighted by molar-refractivity contribution is 5.90. The lowest BCUT2D eigenvalue weighted by molar-refractivity contribution is -0.138. The Balaban J connectivity index is 2.72. The molecule has 0 bridgehead atoms. The third-order valence-electron chi connectivity index (χ3n) is 1.40. The van der Waals surface area contributed by atoms with Crippen molar-refractivity contribution in [1.82, 2.24) is 0 Å². The summed E-state index contributed by atoms with van der Waals surface area (Å²) in [4.78, 5) is 10.8.